The van der Waals surface area contributed by atoms with E-state index < -0.39 is 5.82 Å². The van der Waals surface area contributed by atoms with Crippen LogP contribution in [-0.4, -0.2) is 19.1 Å². The Labute approximate surface area is 141 Å². The van der Waals surface area contributed by atoms with Gasteiger partial charge >= 0.3 is 0 Å². The molecule has 116 valence electrons. The normalized spacial score (nSPS) is 10.3. The molecule has 0 aliphatic carbocycles. The van der Waals surface area contributed by atoms with Crippen LogP contribution in [0.4, 0.5) is 4.39 Å². The predicted molar refractivity (Wildman–Crippen MR) is 87.8 cm³/mol. The molecule has 0 radical (unpaired) electrons. The molecule has 0 aromatic heterocycles. The first-order valence-electron chi connectivity index (χ1n) is 6.63. The van der Waals surface area contributed by atoms with Crippen LogP contribution in [0.15, 0.2) is 46.9 Å². The van der Waals surface area contributed by atoms with Gasteiger partial charge in [0.1, 0.15) is 0 Å². The molecule has 22 heavy (non-hydrogen) atoms. The van der Waals surface area contributed by atoms with Crippen molar-refractivity contribution in [1.29, 1.82) is 0 Å². The SMILES string of the molecule is O=C(COc1ccc(Br)cc1F)NCCc1cccc(Cl)c1. The Bertz CT molecular complexity index is 666. The number of hydrogen-bond donors (Lipinski definition) is 1. The molecule has 0 saturated heterocycles. The maximum Gasteiger partial charge on any atom is 0.257 e. The van der Waals surface area contributed by atoms with Crippen molar-refractivity contribution in [3.63, 3.8) is 0 Å². The Hall–Kier alpha value is -1.59. The van der Waals surface area contributed by atoms with Crippen molar-refractivity contribution in [2.24, 2.45) is 0 Å². The number of nitrogens with one attached hydrogen (secondary N) is 1. The molecule has 2 aromatic carbocycles. The van der Waals surface area contributed by atoms with E-state index in [0.717, 1.165) is 5.56 Å². The van der Waals surface area contributed by atoms with Gasteiger partial charge in [-0.3, -0.25) is 4.79 Å². The number of hydrogen-bond acceptors (Lipinski definition) is 2. The lowest BCUT2D eigenvalue weighted by atomic mass is 10.1. The summed E-state index contributed by atoms with van der Waals surface area (Å²) in [6.45, 7) is 0.236. The highest BCUT2D eigenvalue weighted by molar-refractivity contribution is 9.10. The van der Waals surface area contributed by atoms with E-state index in [9.17, 15) is 9.18 Å². The lowest BCUT2D eigenvalue weighted by Crippen LogP contribution is -2.30. The van der Waals surface area contributed by atoms with Crippen molar-refractivity contribution in [2.45, 2.75) is 6.42 Å². The molecule has 0 bridgehead atoms. The fraction of sp³-hybridized carbons (Fsp3) is 0.188. The Morgan fingerprint density at radius 2 is 2.09 bits per heavy atom. The number of halogens is 3. The predicted octanol–water partition coefficient (Wildman–Crippen LogP) is 3.98. The minimum absolute atomic E-state index is 0.0493. The lowest BCUT2D eigenvalue weighted by molar-refractivity contribution is -0.123. The van der Waals surface area contributed by atoms with Crippen molar-refractivity contribution in [2.75, 3.05) is 13.2 Å². The summed E-state index contributed by atoms with van der Waals surface area (Å²) in [4.78, 5) is 11.7. The summed E-state index contributed by atoms with van der Waals surface area (Å²) in [5.74, 6) is -0.765. The number of amides is 1. The zero-order valence-corrected chi connectivity index (χ0v) is 14.0. The molecule has 1 amide bonds. The van der Waals surface area contributed by atoms with E-state index in [-0.39, 0.29) is 18.3 Å². The van der Waals surface area contributed by atoms with Gasteiger partial charge in [-0.15, -0.1) is 0 Å². The third-order valence-electron chi connectivity index (χ3n) is 2.88. The van der Waals surface area contributed by atoms with Gasteiger partial charge in [0.05, 0.1) is 0 Å². The largest absolute Gasteiger partial charge is 0.481 e. The fourth-order valence-corrected chi connectivity index (χ4v) is 2.37. The Balaban J connectivity index is 1.74. The number of ether oxygens (including phenoxy) is 1. The van der Waals surface area contributed by atoms with Crippen LogP contribution in [0.2, 0.25) is 5.02 Å². The summed E-state index contributed by atoms with van der Waals surface area (Å²) < 4.78 is 19.3. The van der Waals surface area contributed by atoms with Gasteiger partial charge in [0, 0.05) is 16.0 Å². The number of carbonyl (C=O) groups is 1. The zero-order valence-electron chi connectivity index (χ0n) is 11.6. The van der Waals surface area contributed by atoms with Crippen molar-refractivity contribution < 1.29 is 13.9 Å². The van der Waals surface area contributed by atoms with Gasteiger partial charge in [-0.25, -0.2) is 4.39 Å². The van der Waals surface area contributed by atoms with Gasteiger partial charge in [0.15, 0.2) is 18.2 Å². The van der Waals surface area contributed by atoms with E-state index in [1.807, 2.05) is 18.2 Å². The summed E-state index contributed by atoms with van der Waals surface area (Å²) >= 11 is 9.04. The fourth-order valence-electron chi connectivity index (χ4n) is 1.83. The summed E-state index contributed by atoms with van der Waals surface area (Å²) in [6, 6.07) is 11.8. The highest BCUT2D eigenvalue weighted by Gasteiger charge is 2.07. The van der Waals surface area contributed by atoms with E-state index in [1.165, 1.54) is 12.1 Å². The van der Waals surface area contributed by atoms with E-state index >= 15 is 0 Å². The molecule has 6 heteroatoms. The van der Waals surface area contributed by atoms with Crippen molar-refractivity contribution in [1.82, 2.24) is 5.32 Å². The quantitative estimate of drug-likeness (QED) is 0.815. The average molecular weight is 387 g/mol. The van der Waals surface area contributed by atoms with Crippen molar-refractivity contribution in [3.8, 4) is 5.75 Å². The molecular formula is C16H14BrClFNO2. The first kappa shape index (κ1) is 16.8. The van der Waals surface area contributed by atoms with Crippen LogP contribution in [0.3, 0.4) is 0 Å². The van der Waals surface area contributed by atoms with Gasteiger partial charge < -0.3 is 10.1 Å². The van der Waals surface area contributed by atoms with Gasteiger partial charge in [-0.2, -0.15) is 0 Å². The Morgan fingerprint density at radius 1 is 1.27 bits per heavy atom. The maximum absolute atomic E-state index is 13.5. The van der Waals surface area contributed by atoms with Crippen LogP contribution in [0.5, 0.6) is 5.75 Å². The maximum atomic E-state index is 13.5. The molecule has 0 saturated carbocycles. The first-order valence-corrected chi connectivity index (χ1v) is 7.80. The number of carbonyl (C=O) groups excluding carboxylic acids is 1. The molecule has 0 fully saturated rings. The van der Waals surface area contributed by atoms with Gasteiger partial charge in [0.2, 0.25) is 0 Å². The van der Waals surface area contributed by atoms with Crippen LogP contribution < -0.4 is 10.1 Å². The molecule has 2 aromatic rings. The van der Waals surface area contributed by atoms with Gasteiger partial charge in [-0.05, 0) is 42.3 Å². The van der Waals surface area contributed by atoms with E-state index in [4.69, 9.17) is 16.3 Å². The molecule has 0 aliphatic rings. The molecule has 0 spiro atoms. The third kappa shape index (κ3) is 5.31. The Kier molecular flexibility index (Phi) is 6.21. The highest BCUT2D eigenvalue weighted by Crippen LogP contribution is 2.21. The van der Waals surface area contributed by atoms with Crippen LogP contribution >= 0.6 is 27.5 Å². The third-order valence-corrected chi connectivity index (χ3v) is 3.61. The van der Waals surface area contributed by atoms with Crippen LogP contribution in [0, 0.1) is 5.82 Å². The van der Waals surface area contributed by atoms with Gasteiger partial charge in [0.25, 0.3) is 5.91 Å². The topological polar surface area (TPSA) is 38.3 Å². The summed E-state index contributed by atoms with van der Waals surface area (Å²) in [5.41, 5.74) is 1.03. The van der Waals surface area contributed by atoms with Crippen LogP contribution in [0.1, 0.15) is 5.56 Å². The Morgan fingerprint density at radius 3 is 2.82 bits per heavy atom. The van der Waals surface area contributed by atoms with E-state index in [1.54, 1.807) is 12.1 Å². The van der Waals surface area contributed by atoms with E-state index in [2.05, 4.69) is 21.2 Å². The second-order valence-electron chi connectivity index (χ2n) is 4.59. The molecule has 0 atom stereocenters. The molecule has 2 rings (SSSR count). The molecule has 0 heterocycles. The average Bonchev–Trinajstić information content (AvgIpc) is 2.46. The minimum Gasteiger partial charge on any atom is -0.481 e. The van der Waals surface area contributed by atoms with Crippen molar-refractivity contribution >= 4 is 33.4 Å². The standard InChI is InChI=1S/C16H14BrClFNO2/c17-12-4-5-15(14(19)9-12)22-10-16(21)20-7-6-11-2-1-3-13(18)8-11/h1-5,8-9H,6-7,10H2,(H,20,21). The zero-order chi connectivity index (χ0) is 15.9. The summed E-state index contributed by atoms with van der Waals surface area (Å²) in [5, 5.41) is 3.38. The first-order chi connectivity index (χ1) is 10.5. The number of rotatable bonds is 6. The highest BCUT2D eigenvalue weighted by atomic mass is 79.9. The van der Waals surface area contributed by atoms with Crippen LogP contribution in [-0.2, 0) is 11.2 Å². The molecule has 3 nitrogen and oxygen atoms in total. The van der Waals surface area contributed by atoms with Crippen molar-refractivity contribution in [3.05, 3.63) is 63.3 Å². The number of benzene rings is 2. The molecule has 0 aliphatic heterocycles. The lowest BCUT2D eigenvalue weighted by Gasteiger charge is -2.08. The van der Waals surface area contributed by atoms with Crippen LogP contribution in [0.25, 0.3) is 0 Å². The smallest absolute Gasteiger partial charge is 0.257 e. The second kappa shape index (κ2) is 8.15. The van der Waals surface area contributed by atoms with E-state index in [0.29, 0.717) is 22.5 Å². The molecule has 1 N–H and O–H groups in total. The summed E-state index contributed by atoms with van der Waals surface area (Å²) in [7, 11) is 0. The second-order valence-corrected chi connectivity index (χ2v) is 5.95. The minimum atomic E-state index is -0.513. The molecule has 0 unspecified atom stereocenters. The monoisotopic (exact) mass is 385 g/mol. The van der Waals surface area contributed by atoms with Gasteiger partial charge in [-0.1, -0.05) is 39.7 Å². The summed E-state index contributed by atoms with van der Waals surface area (Å²) in [6.07, 6.45) is 0.666. The molecular weight excluding hydrogens is 373 g/mol.